The minimum absolute atomic E-state index is 0.358. The highest BCUT2D eigenvalue weighted by atomic mass is 16.5. The predicted octanol–water partition coefficient (Wildman–Crippen LogP) is 3.87. The van der Waals surface area contributed by atoms with Gasteiger partial charge in [0.2, 0.25) is 11.7 Å². The lowest BCUT2D eigenvalue weighted by atomic mass is 9.96. The molecule has 0 spiro atoms. The second kappa shape index (κ2) is 6.32. The molecule has 0 aliphatic carbocycles. The molecule has 0 amide bonds. The normalized spacial score (nSPS) is 17.0. The van der Waals surface area contributed by atoms with Gasteiger partial charge in [-0.15, -0.1) is 0 Å². The molecule has 0 N–H and O–H groups in total. The molecule has 1 aromatic carbocycles. The lowest BCUT2D eigenvalue weighted by Gasteiger charge is -2.33. The van der Waals surface area contributed by atoms with Gasteiger partial charge in [0.25, 0.3) is 0 Å². The van der Waals surface area contributed by atoms with Crippen LogP contribution in [0.3, 0.4) is 0 Å². The first-order chi connectivity index (χ1) is 11.7. The second-order valence-electron chi connectivity index (χ2n) is 6.74. The molecule has 3 heterocycles. The number of hydrogen-bond donors (Lipinski definition) is 0. The largest absolute Gasteiger partial charge is 0.339 e. The number of likely N-dealkylation sites (tertiary alicyclic amines) is 1. The maximum absolute atomic E-state index is 5.58. The summed E-state index contributed by atoms with van der Waals surface area (Å²) in [6.07, 6.45) is 3.94. The molecule has 5 nitrogen and oxygen atoms in total. The quantitative estimate of drug-likeness (QED) is 0.732. The van der Waals surface area contributed by atoms with E-state index in [9.17, 15) is 0 Å². The Hall–Kier alpha value is -2.27. The average molecular weight is 322 g/mol. The van der Waals surface area contributed by atoms with Gasteiger partial charge in [-0.1, -0.05) is 29.4 Å². The van der Waals surface area contributed by atoms with Gasteiger partial charge < -0.3 is 9.42 Å². The van der Waals surface area contributed by atoms with Crippen molar-refractivity contribution in [2.45, 2.75) is 38.6 Å². The third-order valence-electron chi connectivity index (χ3n) is 4.94. The number of nitrogens with zero attached hydrogens (tertiary/aromatic N) is 4. The predicted molar refractivity (Wildman–Crippen MR) is 93.7 cm³/mol. The van der Waals surface area contributed by atoms with E-state index in [0.717, 1.165) is 48.3 Å². The summed E-state index contributed by atoms with van der Waals surface area (Å²) in [4.78, 5) is 11.6. The zero-order valence-electron chi connectivity index (χ0n) is 14.1. The Bertz CT molecular complexity index is 829. The molecule has 124 valence electrons. The molecule has 5 heteroatoms. The number of benzene rings is 1. The first-order valence-corrected chi connectivity index (χ1v) is 8.64. The van der Waals surface area contributed by atoms with Crippen LogP contribution in [-0.4, -0.2) is 39.2 Å². The van der Waals surface area contributed by atoms with Crippen molar-refractivity contribution in [3.63, 3.8) is 0 Å². The number of pyridine rings is 1. The maximum Gasteiger partial charge on any atom is 0.230 e. The van der Waals surface area contributed by atoms with Gasteiger partial charge in [-0.2, -0.15) is 4.98 Å². The Morgan fingerprint density at radius 2 is 1.92 bits per heavy atom. The van der Waals surface area contributed by atoms with Gasteiger partial charge in [0.05, 0.1) is 0 Å². The number of piperidine rings is 1. The minimum Gasteiger partial charge on any atom is -0.339 e. The molecule has 0 bridgehead atoms. The van der Waals surface area contributed by atoms with E-state index in [1.54, 1.807) is 6.20 Å². The number of fused-ring (bicyclic) bond motifs is 1. The summed E-state index contributed by atoms with van der Waals surface area (Å²) in [5.74, 6) is 1.70. The van der Waals surface area contributed by atoms with E-state index >= 15 is 0 Å². The summed E-state index contributed by atoms with van der Waals surface area (Å²) in [5, 5.41) is 6.40. The maximum atomic E-state index is 5.58. The summed E-state index contributed by atoms with van der Waals surface area (Å²) in [5.41, 5.74) is 0.794. The van der Waals surface area contributed by atoms with E-state index < -0.39 is 0 Å². The van der Waals surface area contributed by atoms with E-state index in [0.29, 0.717) is 17.8 Å². The van der Waals surface area contributed by atoms with Crippen molar-refractivity contribution in [3.05, 3.63) is 42.4 Å². The van der Waals surface area contributed by atoms with Crippen LogP contribution in [0.2, 0.25) is 0 Å². The first-order valence-electron chi connectivity index (χ1n) is 8.64. The lowest BCUT2D eigenvalue weighted by Crippen LogP contribution is -2.37. The Labute approximate surface area is 141 Å². The third kappa shape index (κ3) is 2.80. The zero-order valence-corrected chi connectivity index (χ0v) is 14.1. The van der Waals surface area contributed by atoms with Crippen LogP contribution < -0.4 is 0 Å². The molecule has 0 unspecified atom stereocenters. The Balaban J connectivity index is 1.59. The summed E-state index contributed by atoms with van der Waals surface area (Å²) < 4.78 is 5.58. The topological polar surface area (TPSA) is 55.1 Å². The lowest BCUT2D eigenvalue weighted by molar-refractivity contribution is 0.160. The molecule has 1 saturated heterocycles. The van der Waals surface area contributed by atoms with Gasteiger partial charge in [0, 0.05) is 23.5 Å². The van der Waals surface area contributed by atoms with Crippen LogP contribution >= 0.6 is 0 Å². The Kier molecular flexibility index (Phi) is 4.02. The fourth-order valence-electron chi connectivity index (χ4n) is 3.46. The second-order valence-corrected chi connectivity index (χ2v) is 6.74. The fourth-order valence-corrected chi connectivity index (χ4v) is 3.46. The Morgan fingerprint density at radius 3 is 2.71 bits per heavy atom. The van der Waals surface area contributed by atoms with Crippen molar-refractivity contribution >= 4 is 10.8 Å². The number of hydrogen-bond acceptors (Lipinski definition) is 5. The van der Waals surface area contributed by atoms with E-state index in [1.807, 2.05) is 18.2 Å². The van der Waals surface area contributed by atoms with Crippen LogP contribution in [0.15, 0.2) is 41.1 Å². The fraction of sp³-hybridized carbons (Fsp3) is 0.421. The molecule has 0 atom stereocenters. The average Bonchev–Trinajstić information content (AvgIpc) is 3.11. The molecule has 1 aliphatic rings. The molecular weight excluding hydrogens is 300 g/mol. The van der Waals surface area contributed by atoms with E-state index in [1.165, 1.54) is 0 Å². The molecule has 3 aromatic rings. The molecule has 24 heavy (non-hydrogen) atoms. The summed E-state index contributed by atoms with van der Waals surface area (Å²) in [6, 6.07) is 10.8. The van der Waals surface area contributed by atoms with Gasteiger partial charge in [-0.25, -0.2) is 0 Å². The number of rotatable bonds is 3. The van der Waals surface area contributed by atoms with E-state index in [2.05, 4.69) is 46.0 Å². The third-order valence-corrected chi connectivity index (χ3v) is 4.94. The van der Waals surface area contributed by atoms with Crippen LogP contribution in [0.4, 0.5) is 0 Å². The molecule has 0 saturated carbocycles. The van der Waals surface area contributed by atoms with Crippen LogP contribution in [0.1, 0.15) is 38.5 Å². The van der Waals surface area contributed by atoms with Crippen LogP contribution in [0.5, 0.6) is 0 Å². The number of aromatic nitrogens is 3. The van der Waals surface area contributed by atoms with Crippen LogP contribution in [0.25, 0.3) is 22.3 Å². The van der Waals surface area contributed by atoms with Gasteiger partial charge >= 0.3 is 0 Å². The van der Waals surface area contributed by atoms with Gasteiger partial charge in [0.1, 0.15) is 5.69 Å². The van der Waals surface area contributed by atoms with Crippen molar-refractivity contribution in [2.75, 3.05) is 13.1 Å². The van der Waals surface area contributed by atoms with E-state index in [-0.39, 0.29) is 0 Å². The van der Waals surface area contributed by atoms with Gasteiger partial charge in [-0.05, 0) is 51.2 Å². The monoisotopic (exact) mass is 322 g/mol. The summed E-state index contributed by atoms with van der Waals surface area (Å²) in [7, 11) is 0. The first kappa shape index (κ1) is 15.3. The molecule has 4 rings (SSSR count). The summed E-state index contributed by atoms with van der Waals surface area (Å²) in [6.45, 7) is 6.67. The molecule has 2 aromatic heterocycles. The molecule has 1 fully saturated rings. The van der Waals surface area contributed by atoms with Crippen molar-refractivity contribution < 1.29 is 4.52 Å². The standard InChI is InChI=1S/C19H22N4O/c1-13(2)23-11-8-15(9-12-23)19-21-18(22-24-19)17-16-6-4-3-5-14(16)7-10-20-17/h3-7,10,13,15H,8-9,11-12H2,1-2H3. The van der Waals surface area contributed by atoms with Crippen molar-refractivity contribution in [2.24, 2.45) is 0 Å². The van der Waals surface area contributed by atoms with Crippen LogP contribution in [-0.2, 0) is 0 Å². The van der Waals surface area contributed by atoms with Gasteiger partial charge in [-0.3, -0.25) is 4.98 Å². The molecule has 0 radical (unpaired) electrons. The van der Waals surface area contributed by atoms with Crippen LogP contribution in [0, 0.1) is 0 Å². The molecule has 1 aliphatic heterocycles. The van der Waals surface area contributed by atoms with Crippen molar-refractivity contribution in [1.29, 1.82) is 0 Å². The van der Waals surface area contributed by atoms with Gasteiger partial charge in [0.15, 0.2) is 0 Å². The molecular formula is C19H22N4O. The van der Waals surface area contributed by atoms with Crippen molar-refractivity contribution in [3.8, 4) is 11.5 Å². The minimum atomic E-state index is 0.358. The zero-order chi connectivity index (χ0) is 16.5. The van der Waals surface area contributed by atoms with E-state index in [4.69, 9.17) is 4.52 Å². The highest BCUT2D eigenvalue weighted by Crippen LogP contribution is 2.30. The highest BCUT2D eigenvalue weighted by Gasteiger charge is 2.26. The SMILES string of the molecule is CC(C)N1CCC(c2nc(-c3nccc4ccccc34)no2)CC1. The Morgan fingerprint density at radius 1 is 1.12 bits per heavy atom. The summed E-state index contributed by atoms with van der Waals surface area (Å²) >= 11 is 0. The van der Waals surface area contributed by atoms with Crippen molar-refractivity contribution in [1.82, 2.24) is 20.0 Å². The smallest absolute Gasteiger partial charge is 0.230 e. The highest BCUT2D eigenvalue weighted by molar-refractivity contribution is 5.92.